The van der Waals surface area contributed by atoms with Crippen LogP contribution in [-0.4, -0.2) is 42.1 Å². The predicted molar refractivity (Wildman–Crippen MR) is 83.9 cm³/mol. The van der Waals surface area contributed by atoms with E-state index in [0.717, 1.165) is 18.9 Å². The lowest BCUT2D eigenvalue weighted by molar-refractivity contribution is 0.425. The summed E-state index contributed by atoms with van der Waals surface area (Å²) in [7, 11) is 4.14. The van der Waals surface area contributed by atoms with E-state index in [1.54, 1.807) is 0 Å². The number of nitrogen functional groups attached to an aromatic ring is 1. The summed E-state index contributed by atoms with van der Waals surface area (Å²) >= 11 is 0. The molecule has 0 amide bonds. The summed E-state index contributed by atoms with van der Waals surface area (Å²) in [6.45, 7) is 1.86. The van der Waals surface area contributed by atoms with Crippen molar-refractivity contribution >= 4 is 11.8 Å². The predicted octanol–water partition coefficient (Wildman–Crippen LogP) is 2.47. The smallest absolute Gasteiger partial charge is 0.221 e. The van der Waals surface area contributed by atoms with Gasteiger partial charge < -0.3 is 16.0 Å². The van der Waals surface area contributed by atoms with E-state index in [-0.39, 0.29) is 0 Å². The van der Waals surface area contributed by atoms with E-state index in [9.17, 15) is 0 Å². The van der Waals surface area contributed by atoms with Crippen LogP contribution in [-0.2, 0) is 0 Å². The molecule has 0 aromatic carbocycles. The van der Waals surface area contributed by atoms with Crippen molar-refractivity contribution in [1.29, 1.82) is 0 Å². The fourth-order valence-electron chi connectivity index (χ4n) is 2.83. The van der Waals surface area contributed by atoms with Crippen LogP contribution in [0.5, 0.6) is 0 Å². The molecule has 5 nitrogen and oxygen atoms in total. The van der Waals surface area contributed by atoms with E-state index in [0.29, 0.717) is 11.9 Å². The Kier molecular flexibility index (Phi) is 5.59. The molecular formula is C15H27N5. The highest BCUT2D eigenvalue weighted by Crippen LogP contribution is 2.34. The Morgan fingerprint density at radius 1 is 1.25 bits per heavy atom. The third-order valence-electron chi connectivity index (χ3n) is 3.98. The molecule has 0 atom stereocenters. The Labute approximate surface area is 122 Å². The monoisotopic (exact) mass is 277 g/mol. The Balaban J connectivity index is 2.09. The molecule has 0 aliphatic heterocycles. The molecule has 112 valence electrons. The van der Waals surface area contributed by atoms with Gasteiger partial charge in [-0.25, -0.2) is 4.98 Å². The van der Waals surface area contributed by atoms with Gasteiger partial charge >= 0.3 is 0 Å². The standard InChI is InChI=1S/C15H27N5/c1-20(2)10-9-17-14-13(11-18-15(16)19-14)12-7-5-3-4-6-8-12/h11-12H,3-10H2,1-2H3,(H3,16,17,18,19). The first-order chi connectivity index (χ1) is 9.66. The normalized spacial score (nSPS) is 17.1. The largest absolute Gasteiger partial charge is 0.368 e. The Morgan fingerprint density at radius 3 is 2.60 bits per heavy atom. The number of hydrogen-bond donors (Lipinski definition) is 2. The van der Waals surface area contributed by atoms with Gasteiger partial charge in [-0.15, -0.1) is 0 Å². The number of nitrogens with two attached hydrogens (primary N) is 1. The fraction of sp³-hybridized carbons (Fsp3) is 0.733. The van der Waals surface area contributed by atoms with E-state index >= 15 is 0 Å². The van der Waals surface area contributed by atoms with Crippen LogP contribution in [0.2, 0.25) is 0 Å². The summed E-state index contributed by atoms with van der Waals surface area (Å²) in [6, 6.07) is 0. The molecule has 1 saturated carbocycles. The number of hydrogen-bond acceptors (Lipinski definition) is 5. The van der Waals surface area contributed by atoms with Gasteiger partial charge in [0.2, 0.25) is 5.95 Å². The molecule has 2 rings (SSSR count). The second kappa shape index (κ2) is 7.43. The Bertz CT molecular complexity index is 411. The second-order valence-corrected chi connectivity index (χ2v) is 5.95. The van der Waals surface area contributed by atoms with Gasteiger partial charge in [-0.3, -0.25) is 0 Å². The van der Waals surface area contributed by atoms with Gasteiger partial charge in [-0.05, 0) is 32.9 Å². The average molecular weight is 277 g/mol. The zero-order chi connectivity index (χ0) is 14.4. The summed E-state index contributed by atoms with van der Waals surface area (Å²) in [5, 5.41) is 3.43. The van der Waals surface area contributed by atoms with Crippen molar-refractivity contribution in [2.24, 2.45) is 0 Å². The van der Waals surface area contributed by atoms with Crippen LogP contribution in [0.4, 0.5) is 11.8 Å². The van der Waals surface area contributed by atoms with Crippen molar-refractivity contribution < 1.29 is 0 Å². The Morgan fingerprint density at radius 2 is 1.95 bits per heavy atom. The van der Waals surface area contributed by atoms with E-state index in [2.05, 4.69) is 34.3 Å². The third-order valence-corrected chi connectivity index (χ3v) is 3.98. The zero-order valence-corrected chi connectivity index (χ0v) is 12.7. The van der Waals surface area contributed by atoms with Crippen molar-refractivity contribution in [3.63, 3.8) is 0 Å². The lowest BCUT2D eigenvalue weighted by Crippen LogP contribution is -2.22. The van der Waals surface area contributed by atoms with E-state index in [1.165, 1.54) is 44.1 Å². The molecule has 0 bridgehead atoms. The van der Waals surface area contributed by atoms with Gasteiger partial charge in [0.15, 0.2) is 0 Å². The molecule has 5 heteroatoms. The van der Waals surface area contributed by atoms with E-state index < -0.39 is 0 Å². The van der Waals surface area contributed by atoms with Crippen LogP contribution in [0, 0.1) is 0 Å². The van der Waals surface area contributed by atoms with Gasteiger partial charge in [0.1, 0.15) is 5.82 Å². The minimum Gasteiger partial charge on any atom is -0.368 e. The quantitative estimate of drug-likeness (QED) is 0.809. The molecule has 0 saturated heterocycles. The summed E-state index contributed by atoms with van der Waals surface area (Å²) in [5.74, 6) is 1.88. The van der Waals surface area contributed by atoms with E-state index in [1.807, 2.05) is 6.20 Å². The first kappa shape index (κ1) is 15.0. The van der Waals surface area contributed by atoms with Crippen LogP contribution in [0.25, 0.3) is 0 Å². The summed E-state index contributed by atoms with van der Waals surface area (Å²) in [5.41, 5.74) is 7.00. The molecule has 1 aromatic rings. The number of nitrogens with zero attached hydrogens (tertiary/aromatic N) is 3. The van der Waals surface area contributed by atoms with E-state index in [4.69, 9.17) is 5.73 Å². The van der Waals surface area contributed by atoms with Crippen molar-refractivity contribution in [3.05, 3.63) is 11.8 Å². The molecule has 0 radical (unpaired) electrons. The topological polar surface area (TPSA) is 67.1 Å². The molecule has 1 aliphatic carbocycles. The van der Waals surface area contributed by atoms with Crippen LogP contribution in [0.1, 0.15) is 50.0 Å². The highest BCUT2D eigenvalue weighted by molar-refractivity contribution is 5.48. The maximum absolute atomic E-state index is 5.75. The number of aromatic nitrogens is 2. The highest BCUT2D eigenvalue weighted by Gasteiger charge is 2.19. The summed E-state index contributed by atoms with van der Waals surface area (Å²) in [6.07, 6.45) is 9.76. The minimum atomic E-state index is 0.356. The van der Waals surface area contributed by atoms with Gasteiger partial charge in [0.05, 0.1) is 0 Å². The SMILES string of the molecule is CN(C)CCNc1nc(N)ncc1C1CCCCCC1. The molecule has 0 spiro atoms. The van der Waals surface area contributed by atoms with Crippen molar-refractivity contribution in [3.8, 4) is 0 Å². The molecule has 1 heterocycles. The van der Waals surface area contributed by atoms with Gasteiger partial charge in [0, 0.05) is 24.8 Å². The first-order valence-electron chi connectivity index (χ1n) is 7.68. The van der Waals surface area contributed by atoms with Gasteiger partial charge in [0.25, 0.3) is 0 Å². The molecule has 1 aromatic heterocycles. The van der Waals surface area contributed by atoms with Crippen molar-refractivity contribution in [2.75, 3.05) is 38.2 Å². The van der Waals surface area contributed by atoms with Crippen LogP contribution in [0.15, 0.2) is 6.20 Å². The first-order valence-corrected chi connectivity index (χ1v) is 7.68. The van der Waals surface area contributed by atoms with Gasteiger partial charge in [-0.2, -0.15) is 4.98 Å². The molecular weight excluding hydrogens is 250 g/mol. The maximum atomic E-state index is 5.75. The fourth-order valence-corrected chi connectivity index (χ4v) is 2.83. The molecule has 1 fully saturated rings. The molecule has 0 unspecified atom stereocenters. The number of likely N-dealkylation sites (N-methyl/N-ethyl adjacent to an activating group) is 1. The van der Waals surface area contributed by atoms with Crippen LogP contribution < -0.4 is 11.1 Å². The minimum absolute atomic E-state index is 0.356. The van der Waals surface area contributed by atoms with Gasteiger partial charge in [-0.1, -0.05) is 25.7 Å². The van der Waals surface area contributed by atoms with Crippen molar-refractivity contribution in [2.45, 2.75) is 44.4 Å². The molecule has 20 heavy (non-hydrogen) atoms. The Hall–Kier alpha value is -1.36. The average Bonchev–Trinajstić information content (AvgIpc) is 2.67. The maximum Gasteiger partial charge on any atom is 0.221 e. The third kappa shape index (κ3) is 4.34. The second-order valence-electron chi connectivity index (χ2n) is 5.95. The molecule has 3 N–H and O–H groups in total. The van der Waals surface area contributed by atoms with Crippen LogP contribution >= 0.6 is 0 Å². The molecule has 1 aliphatic rings. The number of rotatable bonds is 5. The summed E-state index contributed by atoms with van der Waals surface area (Å²) in [4.78, 5) is 10.8. The van der Waals surface area contributed by atoms with Crippen molar-refractivity contribution in [1.82, 2.24) is 14.9 Å². The highest BCUT2D eigenvalue weighted by atomic mass is 15.1. The number of nitrogens with one attached hydrogen (secondary N) is 1. The zero-order valence-electron chi connectivity index (χ0n) is 12.7. The van der Waals surface area contributed by atoms with Crippen LogP contribution in [0.3, 0.4) is 0 Å². The summed E-state index contributed by atoms with van der Waals surface area (Å²) < 4.78 is 0. The lowest BCUT2D eigenvalue weighted by atomic mass is 9.93. The number of anilines is 2. The lowest BCUT2D eigenvalue weighted by Gasteiger charge is -2.19.